The van der Waals surface area contributed by atoms with Gasteiger partial charge in [-0.05, 0) is 36.3 Å². The molecule has 0 nitrogen and oxygen atoms in total. The lowest BCUT2D eigenvalue weighted by atomic mass is 9.93. The fourth-order valence-corrected chi connectivity index (χ4v) is 2.05. The van der Waals surface area contributed by atoms with E-state index in [0.29, 0.717) is 5.92 Å². The van der Waals surface area contributed by atoms with E-state index in [0.717, 1.165) is 15.4 Å². The average molecular weight is 313 g/mol. The number of hydrogen-bond donors (Lipinski definition) is 0. The van der Waals surface area contributed by atoms with Crippen molar-refractivity contribution in [2.45, 2.75) is 12.3 Å². The highest BCUT2D eigenvalue weighted by Gasteiger charge is 2.10. The van der Waals surface area contributed by atoms with Crippen LogP contribution < -0.4 is 0 Å². The third kappa shape index (κ3) is 2.37. The topological polar surface area (TPSA) is 0 Å². The van der Waals surface area contributed by atoms with E-state index in [2.05, 4.69) is 68.3 Å². The van der Waals surface area contributed by atoms with E-state index in [9.17, 15) is 0 Å². The molecule has 1 aromatic carbocycles. The summed E-state index contributed by atoms with van der Waals surface area (Å²) in [4.78, 5) is 0. The van der Waals surface area contributed by atoms with Crippen molar-refractivity contribution in [2.75, 3.05) is 0 Å². The summed E-state index contributed by atoms with van der Waals surface area (Å²) in [5, 5.41) is 0. The van der Waals surface area contributed by atoms with Crippen LogP contribution in [0.15, 0.2) is 45.4 Å². The highest BCUT2D eigenvalue weighted by Crippen LogP contribution is 2.28. The molecular weight excluding hydrogens is 304 g/mol. The molecule has 0 saturated carbocycles. The van der Waals surface area contributed by atoms with Gasteiger partial charge < -0.3 is 0 Å². The maximum absolute atomic E-state index is 3.44. The van der Waals surface area contributed by atoms with Gasteiger partial charge in [-0.15, -0.1) is 0 Å². The number of hydrogen-bond acceptors (Lipinski definition) is 0. The van der Waals surface area contributed by atoms with Crippen LogP contribution in [0.2, 0.25) is 0 Å². The zero-order chi connectivity index (χ0) is 9.97. The Morgan fingerprint density at radius 1 is 1.14 bits per heavy atom. The number of rotatable bonds is 1. The van der Waals surface area contributed by atoms with Gasteiger partial charge in [-0.3, -0.25) is 0 Å². The second-order valence-electron chi connectivity index (χ2n) is 3.24. The second-order valence-corrected chi connectivity index (χ2v) is 5.07. The van der Waals surface area contributed by atoms with Gasteiger partial charge in [0.2, 0.25) is 0 Å². The Labute approximate surface area is 101 Å². The summed E-state index contributed by atoms with van der Waals surface area (Å²) >= 11 is 6.87. The van der Waals surface area contributed by atoms with Crippen molar-refractivity contribution in [3.05, 3.63) is 57.0 Å². The molecule has 0 heterocycles. The van der Waals surface area contributed by atoms with E-state index < -0.39 is 0 Å². The summed E-state index contributed by atoms with van der Waals surface area (Å²) in [5.41, 5.74) is 1.32. The molecule has 0 amide bonds. The summed E-state index contributed by atoms with van der Waals surface area (Å²) in [6.07, 6.45) is 8.56. The molecule has 1 radical (unpaired) electrons. The number of halogens is 2. The van der Waals surface area contributed by atoms with Crippen LogP contribution in [0.4, 0.5) is 0 Å². The molecule has 1 aliphatic rings. The van der Waals surface area contributed by atoms with Gasteiger partial charge in [0.05, 0.1) is 0 Å². The van der Waals surface area contributed by atoms with Crippen LogP contribution in [-0.4, -0.2) is 0 Å². The Hall–Kier alpha value is -0.340. The van der Waals surface area contributed by atoms with Crippen LogP contribution in [0.25, 0.3) is 0 Å². The first kappa shape index (κ1) is 10.2. The molecule has 1 aromatic rings. The lowest BCUT2D eigenvalue weighted by molar-refractivity contribution is 0.829. The molecule has 71 valence electrons. The van der Waals surface area contributed by atoms with Crippen LogP contribution in [0.5, 0.6) is 0 Å². The van der Waals surface area contributed by atoms with E-state index in [1.54, 1.807) is 0 Å². The van der Waals surface area contributed by atoms with Crippen molar-refractivity contribution in [1.29, 1.82) is 0 Å². The molecule has 0 N–H and O–H groups in total. The van der Waals surface area contributed by atoms with Crippen LogP contribution in [0.1, 0.15) is 17.9 Å². The molecule has 2 rings (SSSR count). The monoisotopic (exact) mass is 311 g/mol. The first-order valence-electron chi connectivity index (χ1n) is 4.46. The molecule has 0 bridgehead atoms. The molecule has 2 heteroatoms. The number of allylic oxidation sites excluding steroid dienone is 4. The van der Waals surface area contributed by atoms with Gasteiger partial charge in [-0.1, -0.05) is 50.1 Å². The molecule has 0 fully saturated rings. The first-order chi connectivity index (χ1) is 6.75. The number of benzene rings is 1. The third-order valence-electron chi connectivity index (χ3n) is 2.24. The summed E-state index contributed by atoms with van der Waals surface area (Å²) in [6.45, 7) is 0. The van der Waals surface area contributed by atoms with Crippen molar-refractivity contribution in [2.24, 2.45) is 0 Å². The highest BCUT2D eigenvalue weighted by molar-refractivity contribution is 9.12. The molecule has 0 aromatic heterocycles. The predicted molar refractivity (Wildman–Crippen MR) is 66.3 cm³/mol. The van der Waals surface area contributed by atoms with E-state index >= 15 is 0 Å². The Morgan fingerprint density at radius 2 is 1.86 bits per heavy atom. The zero-order valence-electron chi connectivity index (χ0n) is 7.50. The summed E-state index contributed by atoms with van der Waals surface area (Å²) in [7, 11) is 0. The fourth-order valence-electron chi connectivity index (χ4n) is 1.47. The van der Waals surface area contributed by atoms with Crippen molar-refractivity contribution in [3.8, 4) is 0 Å². The molecule has 0 saturated heterocycles. The van der Waals surface area contributed by atoms with Gasteiger partial charge in [0.1, 0.15) is 0 Å². The smallest absolute Gasteiger partial charge is 0.0175 e. The highest BCUT2D eigenvalue weighted by atomic mass is 79.9. The van der Waals surface area contributed by atoms with Crippen molar-refractivity contribution < 1.29 is 0 Å². The van der Waals surface area contributed by atoms with E-state index in [4.69, 9.17) is 0 Å². The van der Waals surface area contributed by atoms with Crippen LogP contribution >= 0.6 is 31.9 Å². The minimum absolute atomic E-state index is 0.407. The van der Waals surface area contributed by atoms with Crippen molar-refractivity contribution >= 4 is 31.9 Å². The van der Waals surface area contributed by atoms with Gasteiger partial charge in [0.15, 0.2) is 0 Å². The molecule has 0 spiro atoms. The maximum atomic E-state index is 3.44. The predicted octanol–water partition coefficient (Wildman–Crippen LogP) is 4.57. The van der Waals surface area contributed by atoms with Gasteiger partial charge in [-0.25, -0.2) is 0 Å². The molecular formula is C12H9Br2. The van der Waals surface area contributed by atoms with E-state index in [1.165, 1.54) is 5.56 Å². The second kappa shape index (κ2) is 4.45. The Bertz CT molecular complexity index is 374. The largest absolute Gasteiger partial charge is 0.0693 e. The average Bonchev–Trinajstić information content (AvgIpc) is 2.21. The minimum Gasteiger partial charge on any atom is -0.0693 e. The molecule has 1 atom stereocenters. The lowest BCUT2D eigenvalue weighted by Crippen LogP contribution is -1.97. The minimum atomic E-state index is 0.407. The normalized spacial score (nSPS) is 20.7. The Balaban J connectivity index is 2.18. The van der Waals surface area contributed by atoms with Crippen LogP contribution in [0.3, 0.4) is 0 Å². The molecule has 1 aliphatic carbocycles. The molecule has 0 aliphatic heterocycles. The summed E-state index contributed by atoms with van der Waals surface area (Å²) in [5.74, 6) is 0.407. The van der Waals surface area contributed by atoms with Crippen LogP contribution in [0, 0.1) is 6.08 Å². The fraction of sp³-hybridized carbons (Fsp3) is 0.167. The van der Waals surface area contributed by atoms with Gasteiger partial charge in [-0.2, -0.15) is 0 Å². The van der Waals surface area contributed by atoms with E-state index in [-0.39, 0.29) is 0 Å². The SMILES string of the molecule is BrC1=CCC(c2ccc(Br)cc2)[C]=C1. The summed E-state index contributed by atoms with van der Waals surface area (Å²) < 4.78 is 2.25. The summed E-state index contributed by atoms with van der Waals surface area (Å²) in [6, 6.07) is 8.43. The maximum Gasteiger partial charge on any atom is 0.0175 e. The zero-order valence-corrected chi connectivity index (χ0v) is 10.7. The Kier molecular flexibility index (Phi) is 3.24. The Morgan fingerprint density at radius 3 is 2.43 bits per heavy atom. The lowest BCUT2D eigenvalue weighted by Gasteiger charge is -2.13. The quantitative estimate of drug-likeness (QED) is 0.712. The molecule has 14 heavy (non-hydrogen) atoms. The van der Waals surface area contributed by atoms with Gasteiger partial charge in [0.25, 0.3) is 0 Å². The van der Waals surface area contributed by atoms with Gasteiger partial charge >= 0.3 is 0 Å². The first-order valence-corrected chi connectivity index (χ1v) is 6.05. The molecule has 1 unspecified atom stereocenters. The van der Waals surface area contributed by atoms with E-state index in [1.807, 2.05) is 6.08 Å². The third-order valence-corrected chi connectivity index (χ3v) is 3.32. The van der Waals surface area contributed by atoms with Crippen molar-refractivity contribution in [3.63, 3.8) is 0 Å². The van der Waals surface area contributed by atoms with Crippen molar-refractivity contribution in [1.82, 2.24) is 0 Å². The standard InChI is InChI=1S/C12H9Br2/c13-11-5-1-9(2-6-11)10-3-7-12(14)8-4-10/h1-2,5-8,10H,3H2. The van der Waals surface area contributed by atoms with Gasteiger partial charge in [0, 0.05) is 14.9 Å². The van der Waals surface area contributed by atoms with Crippen LogP contribution in [-0.2, 0) is 0 Å².